The SMILES string of the molecule is CCNC(=O)[C@@H](C)N(Cc1cccc(C)c1)C(=O)CN(c1ccc(Cl)c(Cl)c1)S(=O)(=O)c1ccc(C)cc1. The number of rotatable bonds is 10. The van der Waals surface area contributed by atoms with Crippen molar-refractivity contribution >= 4 is 50.7 Å². The molecular formula is C28H31Cl2N3O4S. The van der Waals surface area contributed by atoms with E-state index >= 15 is 0 Å². The maximum Gasteiger partial charge on any atom is 0.264 e. The number of amides is 2. The molecule has 202 valence electrons. The summed E-state index contributed by atoms with van der Waals surface area (Å²) in [6.45, 7) is 7.16. The summed E-state index contributed by atoms with van der Waals surface area (Å²) >= 11 is 12.3. The standard InChI is InChI=1S/C28H31Cl2N3O4S/c1-5-31-28(35)21(4)32(17-22-8-6-7-20(3)15-22)27(34)18-33(23-11-14-25(29)26(30)16-23)38(36,37)24-12-9-19(2)10-13-24/h6-16,21H,5,17-18H2,1-4H3,(H,31,35)/t21-/m1/s1. The van der Waals surface area contributed by atoms with Gasteiger partial charge in [-0.05, 0) is 63.6 Å². The van der Waals surface area contributed by atoms with E-state index in [1.54, 1.807) is 26.0 Å². The summed E-state index contributed by atoms with van der Waals surface area (Å²) < 4.78 is 28.6. The van der Waals surface area contributed by atoms with Gasteiger partial charge in [0.15, 0.2) is 0 Å². The molecule has 0 saturated carbocycles. The van der Waals surface area contributed by atoms with Crippen LogP contribution in [0.5, 0.6) is 0 Å². The Morgan fingerprint density at radius 1 is 0.921 bits per heavy atom. The first-order valence-electron chi connectivity index (χ1n) is 12.1. The number of hydrogen-bond donors (Lipinski definition) is 1. The van der Waals surface area contributed by atoms with Gasteiger partial charge in [-0.3, -0.25) is 13.9 Å². The lowest BCUT2D eigenvalue weighted by molar-refractivity contribution is -0.139. The zero-order chi connectivity index (χ0) is 28.0. The van der Waals surface area contributed by atoms with Crippen LogP contribution in [0.3, 0.4) is 0 Å². The van der Waals surface area contributed by atoms with Crippen molar-refractivity contribution in [3.8, 4) is 0 Å². The molecule has 0 unspecified atom stereocenters. The van der Waals surface area contributed by atoms with Gasteiger partial charge in [-0.2, -0.15) is 0 Å². The minimum absolute atomic E-state index is 0.0176. The Hall–Kier alpha value is -3.07. The van der Waals surface area contributed by atoms with Crippen LogP contribution in [0.4, 0.5) is 5.69 Å². The second-order valence-corrected chi connectivity index (χ2v) is 11.7. The lowest BCUT2D eigenvalue weighted by atomic mass is 10.1. The fourth-order valence-corrected chi connectivity index (χ4v) is 5.62. The fraction of sp³-hybridized carbons (Fsp3) is 0.286. The molecule has 0 heterocycles. The van der Waals surface area contributed by atoms with Gasteiger partial charge in [-0.15, -0.1) is 0 Å². The number of sulfonamides is 1. The fourth-order valence-electron chi connectivity index (χ4n) is 3.92. The van der Waals surface area contributed by atoms with Crippen LogP contribution in [0.25, 0.3) is 0 Å². The highest BCUT2D eigenvalue weighted by Crippen LogP contribution is 2.31. The van der Waals surface area contributed by atoms with E-state index in [1.807, 2.05) is 38.1 Å². The maximum absolute atomic E-state index is 13.8. The quantitative estimate of drug-likeness (QED) is 0.352. The molecule has 0 aliphatic rings. The molecule has 0 saturated heterocycles. The largest absolute Gasteiger partial charge is 0.355 e. The number of likely N-dealkylation sites (N-methyl/N-ethyl adjacent to an activating group) is 1. The highest BCUT2D eigenvalue weighted by Gasteiger charge is 2.32. The molecule has 1 N–H and O–H groups in total. The second kappa shape index (κ2) is 12.7. The molecule has 0 aliphatic carbocycles. The van der Waals surface area contributed by atoms with E-state index < -0.39 is 28.5 Å². The average molecular weight is 577 g/mol. The molecule has 0 radical (unpaired) electrons. The highest BCUT2D eigenvalue weighted by atomic mass is 35.5. The Kier molecular flexibility index (Phi) is 9.82. The van der Waals surface area contributed by atoms with Gasteiger partial charge >= 0.3 is 0 Å². The lowest BCUT2D eigenvalue weighted by Crippen LogP contribution is -2.51. The molecule has 3 aromatic carbocycles. The number of nitrogens with one attached hydrogen (secondary N) is 1. The summed E-state index contributed by atoms with van der Waals surface area (Å²) in [4.78, 5) is 28.0. The minimum atomic E-state index is -4.18. The van der Waals surface area contributed by atoms with Crippen molar-refractivity contribution in [3.63, 3.8) is 0 Å². The molecule has 38 heavy (non-hydrogen) atoms. The molecular weight excluding hydrogens is 545 g/mol. The monoisotopic (exact) mass is 575 g/mol. The van der Waals surface area contributed by atoms with Gasteiger partial charge in [0.05, 0.1) is 20.6 Å². The Morgan fingerprint density at radius 2 is 1.61 bits per heavy atom. The van der Waals surface area contributed by atoms with Gasteiger partial charge in [-0.1, -0.05) is 70.7 Å². The predicted octanol–water partition coefficient (Wildman–Crippen LogP) is 5.36. The topological polar surface area (TPSA) is 86.8 Å². The van der Waals surface area contributed by atoms with Crippen LogP contribution < -0.4 is 9.62 Å². The molecule has 0 aromatic heterocycles. The van der Waals surface area contributed by atoms with Crippen LogP contribution >= 0.6 is 23.2 Å². The van der Waals surface area contributed by atoms with Gasteiger partial charge in [0, 0.05) is 13.1 Å². The summed E-state index contributed by atoms with van der Waals surface area (Å²) in [5.41, 5.74) is 2.88. The van der Waals surface area contributed by atoms with E-state index in [4.69, 9.17) is 23.2 Å². The first-order chi connectivity index (χ1) is 17.9. The normalized spacial score (nSPS) is 12.1. The van der Waals surface area contributed by atoms with Gasteiger partial charge in [0.2, 0.25) is 11.8 Å². The first kappa shape index (κ1) is 29.5. The van der Waals surface area contributed by atoms with Crippen molar-refractivity contribution in [2.75, 3.05) is 17.4 Å². The zero-order valence-electron chi connectivity index (χ0n) is 21.7. The van der Waals surface area contributed by atoms with Gasteiger partial charge in [-0.25, -0.2) is 8.42 Å². The van der Waals surface area contributed by atoms with E-state index in [-0.39, 0.29) is 33.1 Å². The third-order valence-corrected chi connectivity index (χ3v) is 8.56. The second-order valence-electron chi connectivity index (χ2n) is 9.00. The number of anilines is 1. The van der Waals surface area contributed by atoms with Crippen LogP contribution in [-0.4, -0.2) is 44.3 Å². The van der Waals surface area contributed by atoms with E-state index in [1.165, 1.54) is 35.2 Å². The molecule has 0 aliphatic heterocycles. The number of benzene rings is 3. The molecule has 3 rings (SSSR count). The predicted molar refractivity (Wildman–Crippen MR) is 152 cm³/mol. The van der Waals surface area contributed by atoms with Crippen molar-refractivity contribution in [2.45, 2.75) is 45.2 Å². The number of hydrogen-bond acceptors (Lipinski definition) is 4. The van der Waals surface area contributed by atoms with Crippen LogP contribution in [0.15, 0.2) is 71.6 Å². The number of aryl methyl sites for hydroxylation is 2. The Bertz CT molecular complexity index is 1410. The smallest absolute Gasteiger partial charge is 0.264 e. The summed E-state index contributed by atoms with van der Waals surface area (Å²) in [5, 5.41) is 3.14. The van der Waals surface area contributed by atoms with E-state index in [0.717, 1.165) is 21.0 Å². The van der Waals surface area contributed by atoms with Crippen LogP contribution in [0, 0.1) is 13.8 Å². The Morgan fingerprint density at radius 3 is 2.21 bits per heavy atom. The Balaban J connectivity index is 2.06. The third kappa shape index (κ3) is 7.07. The first-order valence-corrected chi connectivity index (χ1v) is 14.3. The van der Waals surface area contributed by atoms with Gasteiger partial charge in [0.1, 0.15) is 12.6 Å². The average Bonchev–Trinajstić information content (AvgIpc) is 2.87. The van der Waals surface area contributed by atoms with Crippen LogP contribution in [-0.2, 0) is 26.2 Å². The van der Waals surface area contributed by atoms with Crippen molar-refractivity contribution in [3.05, 3.63) is 93.5 Å². The van der Waals surface area contributed by atoms with Crippen molar-refractivity contribution in [1.29, 1.82) is 0 Å². The maximum atomic E-state index is 13.8. The Labute approximate surface area is 234 Å². The molecule has 2 amide bonds. The molecule has 0 fully saturated rings. The van der Waals surface area contributed by atoms with Crippen molar-refractivity contribution in [1.82, 2.24) is 10.2 Å². The number of carbonyl (C=O) groups is 2. The molecule has 10 heteroatoms. The van der Waals surface area contributed by atoms with Crippen molar-refractivity contribution in [2.24, 2.45) is 0 Å². The summed E-state index contributed by atoms with van der Waals surface area (Å²) in [5.74, 6) is -0.886. The molecule has 7 nitrogen and oxygen atoms in total. The van der Waals surface area contributed by atoms with Gasteiger partial charge in [0.25, 0.3) is 10.0 Å². The number of carbonyl (C=O) groups excluding carboxylic acids is 2. The third-order valence-electron chi connectivity index (χ3n) is 6.03. The van der Waals surface area contributed by atoms with E-state index in [0.29, 0.717) is 6.54 Å². The van der Waals surface area contributed by atoms with Crippen molar-refractivity contribution < 1.29 is 18.0 Å². The van der Waals surface area contributed by atoms with Crippen LogP contribution in [0.1, 0.15) is 30.5 Å². The molecule has 3 aromatic rings. The summed E-state index contributed by atoms with van der Waals surface area (Å²) in [7, 11) is -4.18. The van der Waals surface area contributed by atoms with E-state index in [2.05, 4.69) is 5.32 Å². The van der Waals surface area contributed by atoms with Gasteiger partial charge < -0.3 is 10.2 Å². The number of halogens is 2. The molecule has 0 spiro atoms. The molecule has 0 bridgehead atoms. The lowest BCUT2D eigenvalue weighted by Gasteiger charge is -2.32. The number of nitrogens with zero attached hydrogens (tertiary/aromatic N) is 2. The highest BCUT2D eigenvalue weighted by molar-refractivity contribution is 7.92. The molecule has 1 atom stereocenters. The van der Waals surface area contributed by atoms with Crippen LogP contribution in [0.2, 0.25) is 10.0 Å². The minimum Gasteiger partial charge on any atom is -0.355 e. The summed E-state index contributed by atoms with van der Waals surface area (Å²) in [6, 6.07) is 17.4. The summed E-state index contributed by atoms with van der Waals surface area (Å²) in [6.07, 6.45) is 0. The zero-order valence-corrected chi connectivity index (χ0v) is 24.1. The van der Waals surface area contributed by atoms with E-state index in [9.17, 15) is 18.0 Å².